The molecular weight excluding hydrogens is 292 g/mol. The van der Waals surface area contributed by atoms with Crippen LogP contribution in [0.5, 0.6) is 0 Å². The van der Waals surface area contributed by atoms with Crippen molar-refractivity contribution in [3.63, 3.8) is 0 Å². The Kier molecular flexibility index (Phi) is 5.62. The number of nitrogens with two attached hydrogens (primary N) is 1. The van der Waals surface area contributed by atoms with E-state index in [2.05, 4.69) is 0 Å². The molecule has 1 atom stereocenters. The van der Waals surface area contributed by atoms with Gasteiger partial charge in [-0.15, -0.1) is 0 Å². The number of nitrogens with zero attached hydrogens (tertiary/aromatic N) is 1. The summed E-state index contributed by atoms with van der Waals surface area (Å²) in [5, 5.41) is 17.8. The summed E-state index contributed by atoms with van der Waals surface area (Å²) in [4.78, 5) is 46.5. The molecule has 22 heavy (non-hydrogen) atoms. The lowest BCUT2D eigenvalue weighted by Gasteiger charge is -2.25. The molecule has 0 aromatic heterocycles. The number of amides is 2. The number of carbonyl (C=O) groups is 4. The molecule has 2 amide bonds. The second-order valence-electron chi connectivity index (χ2n) is 4.60. The van der Waals surface area contributed by atoms with Gasteiger partial charge in [0.05, 0.1) is 0 Å². The molecular formula is C14H16N2O6. The van der Waals surface area contributed by atoms with Crippen LogP contribution in [-0.2, 0) is 14.4 Å². The maximum atomic E-state index is 12.3. The van der Waals surface area contributed by atoms with Gasteiger partial charge in [0.2, 0.25) is 5.91 Å². The van der Waals surface area contributed by atoms with Crippen LogP contribution in [-0.4, -0.2) is 44.9 Å². The lowest BCUT2D eigenvalue weighted by atomic mass is 10.1. The van der Waals surface area contributed by atoms with Crippen molar-refractivity contribution < 1.29 is 29.4 Å². The van der Waals surface area contributed by atoms with E-state index in [1.165, 1.54) is 24.3 Å². The molecule has 4 N–H and O–H groups in total. The average Bonchev–Trinajstić information content (AvgIpc) is 2.42. The van der Waals surface area contributed by atoms with Gasteiger partial charge in [-0.25, -0.2) is 4.79 Å². The minimum absolute atomic E-state index is 0.0889. The highest BCUT2D eigenvalue weighted by Crippen LogP contribution is 2.15. The number of aliphatic carboxylic acids is 2. The third-order valence-corrected chi connectivity index (χ3v) is 2.94. The first-order chi connectivity index (χ1) is 10.2. The van der Waals surface area contributed by atoms with Gasteiger partial charge in [-0.3, -0.25) is 19.3 Å². The summed E-state index contributed by atoms with van der Waals surface area (Å²) in [6, 6.07) is 4.07. The first kappa shape index (κ1) is 17.2. The number of carboxylic acids is 2. The molecule has 0 fully saturated rings. The first-order valence-electron chi connectivity index (χ1n) is 6.38. The molecule has 0 aliphatic rings. The Hall–Kier alpha value is -2.90. The standard InChI is InChI=1S/C14H16N2O6/c1-8(17)16(11(14(21)22)6-7-12(18)19)13(20)9-2-4-10(15)5-3-9/h2-5,11H,6-7,15H2,1H3,(H,18,19)(H,21,22)/t11-/m0/s1. The van der Waals surface area contributed by atoms with E-state index in [9.17, 15) is 24.3 Å². The van der Waals surface area contributed by atoms with Crippen LogP contribution in [0.3, 0.4) is 0 Å². The molecule has 0 radical (unpaired) electrons. The van der Waals surface area contributed by atoms with Crippen molar-refractivity contribution in [3.8, 4) is 0 Å². The minimum Gasteiger partial charge on any atom is -0.481 e. The number of hydrogen-bond donors (Lipinski definition) is 3. The maximum Gasteiger partial charge on any atom is 0.326 e. The summed E-state index contributed by atoms with van der Waals surface area (Å²) in [5.41, 5.74) is 6.00. The normalized spacial score (nSPS) is 11.5. The molecule has 118 valence electrons. The molecule has 0 aliphatic heterocycles. The topological polar surface area (TPSA) is 138 Å². The second kappa shape index (κ2) is 7.21. The Morgan fingerprint density at radius 1 is 1.14 bits per heavy atom. The summed E-state index contributed by atoms with van der Waals surface area (Å²) in [7, 11) is 0. The highest BCUT2D eigenvalue weighted by Gasteiger charge is 2.33. The quantitative estimate of drug-likeness (QED) is 0.653. The van der Waals surface area contributed by atoms with E-state index >= 15 is 0 Å². The molecule has 8 nitrogen and oxygen atoms in total. The van der Waals surface area contributed by atoms with Gasteiger partial charge < -0.3 is 15.9 Å². The number of anilines is 1. The summed E-state index contributed by atoms with van der Waals surface area (Å²) >= 11 is 0. The van der Waals surface area contributed by atoms with Crippen molar-refractivity contribution >= 4 is 29.4 Å². The lowest BCUT2D eigenvalue weighted by Crippen LogP contribution is -2.48. The number of rotatable bonds is 6. The predicted octanol–water partition coefficient (Wildman–Crippen LogP) is 0.575. The fraction of sp³-hybridized carbons (Fsp3) is 0.286. The SMILES string of the molecule is CC(=O)N(C(=O)c1ccc(N)cc1)[C@@H](CCC(=O)O)C(=O)O. The fourth-order valence-corrected chi connectivity index (χ4v) is 1.89. The summed E-state index contributed by atoms with van der Waals surface area (Å²) < 4.78 is 0. The van der Waals surface area contributed by atoms with Crippen molar-refractivity contribution in [2.75, 3.05) is 5.73 Å². The Morgan fingerprint density at radius 3 is 2.09 bits per heavy atom. The molecule has 0 bridgehead atoms. The Morgan fingerprint density at radius 2 is 1.68 bits per heavy atom. The lowest BCUT2D eigenvalue weighted by molar-refractivity contribution is -0.148. The van der Waals surface area contributed by atoms with Gasteiger partial charge in [-0.1, -0.05) is 0 Å². The summed E-state index contributed by atoms with van der Waals surface area (Å²) in [6.07, 6.45) is -0.847. The van der Waals surface area contributed by atoms with Crippen LogP contribution in [0.25, 0.3) is 0 Å². The van der Waals surface area contributed by atoms with Gasteiger partial charge in [-0.05, 0) is 30.7 Å². The Bertz CT molecular complexity index is 596. The zero-order valence-corrected chi connectivity index (χ0v) is 11.9. The number of carboxylic acid groups (broad SMARTS) is 2. The zero-order chi connectivity index (χ0) is 16.9. The largest absolute Gasteiger partial charge is 0.481 e. The molecule has 0 aliphatic carbocycles. The number of benzene rings is 1. The van der Waals surface area contributed by atoms with Crippen LogP contribution in [0.15, 0.2) is 24.3 Å². The maximum absolute atomic E-state index is 12.3. The van der Waals surface area contributed by atoms with E-state index in [1.807, 2.05) is 0 Å². The van der Waals surface area contributed by atoms with E-state index < -0.39 is 36.2 Å². The Balaban J connectivity index is 3.10. The van der Waals surface area contributed by atoms with E-state index in [-0.39, 0.29) is 12.0 Å². The van der Waals surface area contributed by atoms with Gasteiger partial charge >= 0.3 is 11.9 Å². The van der Waals surface area contributed by atoms with Gasteiger partial charge in [-0.2, -0.15) is 0 Å². The second-order valence-corrected chi connectivity index (χ2v) is 4.60. The molecule has 0 unspecified atom stereocenters. The Labute approximate surface area is 126 Å². The first-order valence-corrected chi connectivity index (χ1v) is 6.38. The van der Waals surface area contributed by atoms with Crippen LogP contribution in [0.4, 0.5) is 5.69 Å². The number of carbonyl (C=O) groups excluding carboxylic acids is 2. The van der Waals surface area contributed by atoms with Crippen molar-refractivity contribution in [3.05, 3.63) is 29.8 Å². The smallest absolute Gasteiger partial charge is 0.326 e. The number of imide groups is 1. The van der Waals surface area contributed by atoms with Gasteiger partial charge in [0.1, 0.15) is 6.04 Å². The van der Waals surface area contributed by atoms with Crippen LogP contribution < -0.4 is 5.73 Å². The molecule has 1 aromatic rings. The highest BCUT2D eigenvalue weighted by molar-refractivity contribution is 6.06. The third-order valence-electron chi connectivity index (χ3n) is 2.94. The predicted molar refractivity (Wildman–Crippen MR) is 76.0 cm³/mol. The third kappa shape index (κ3) is 4.30. The average molecular weight is 308 g/mol. The van der Waals surface area contributed by atoms with Crippen molar-refractivity contribution in [2.45, 2.75) is 25.8 Å². The molecule has 0 heterocycles. The molecule has 8 heteroatoms. The van der Waals surface area contributed by atoms with Crippen LogP contribution in [0.1, 0.15) is 30.1 Å². The minimum atomic E-state index is -1.54. The number of hydrogen-bond acceptors (Lipinski definition) is 5. The van der Waals surface area contributed by atoms with Crippen LogP contribution in [0.2, 0.25) is 0 Å². The van der Waals surface area contributed by atoms with Gasteiger partial charge in [0, 0.05) is 24.6 Å². The van der Waals surface area contributed by atoms with Crippen LogP contribution >= 0.6 is 0 Å². The van der Waals surface area contributed by atoms with E-state index in [0.29, 0.717) is 10.6 Å². The molecule has 0 spiro atoms. The summed E-state index contributed by atoms with van der Waals surface area (Å²) in [5.74, 6) is -4.25. The molecule has 0 saturated carbocycles. The van der Waals surface area contributed by atoms with E-state index in [0.717, 1.165) is 6.92 Å². The fourth-order valence-electron chi connectivity index (χ4n) is 1.89. The highest BCUT2D eigenvalue weighted by atomic mass is 16.4. The van der Waals surface area contributed by atoms with Crippen molar-refractivity contribution in [1.82, 2.24) is 4.90 Å². The zero-order valence-electron chi connectivity index (χ0n) is 11.9. The molecule has 1 rings (SSSR count). The van der Waals surface area contributed by atoms with Gasteiger partial charge in [0.15, 0.2) is 0 Å². The van der Waals surface area contributed by atoms with E-state index in [4.69, 9.17) is 10.8 Å². The monoisotopic (exact) mass is 308 g/mol. The summed E-state index contributed by atoms with van der Waals surface area (Å²) in [6.45, 7) is 1.05. The molecule has 1 aromatic carbocycles. The van der Waals surface area contributed by atoms with Gasteiger partial charge in [0.25, 0.3) is 5.91 Å². The molecule has 0 saturated heterocycles. The van der Waals surface area contributed by atoms with E-state index in [1.54, 1.807) is 0 Å². The van der Waals surface area contributed by atoms with Crippen molar-refractivity contribution in [1.29, 1.82) is 0 Å². The van der Waals surface area contributed by atoms with Crippen molar-refractivity contribution in [2.24, 2.45) is 0 Å². The number of nitrogen functional groups attached to an aromatic ring is 1. The van der Waals surface area contributed by atoms with Crippen LogP contribution in [0, 0.1) is 0 Å².